The van der Waals surface area contributed by atoms with Crippen LogP contribution < -0.4 is 15.3 Å². The summed E-state index contributed by atoms with van der Waals surface area (Å²) in [6.45, 7) is 3.22. The fourth-order valence-corrected chi connectivity index (χ4v) is 0.258. The van der Waals surface area contributed by atoms with Crippen molar-refractivity contribution in [3.05, 3.63) is 0 Å². The first-order valence-electron chi connectivity index (χ1n) is 3.63. The van der Waals surface area contributed by atoms with Gasteiger partial charge in [0.2, 0.25) is 0 Å². The summed E-state index contributed by atoms with van der Waals surface area (Å²) in [5.41, 5.74) is 0. The van der Waals surface area contributed by atoms with Crippen molar-refractivity contribution >= 4 is 11.9 Å². The SMILES string of the molecule is CC(C)[O-].O=C([O-])C(O)C(O)C(=O)[O-].[Ti+4]. The molecule has 0 rings (SSSR count). The summed E-state index contributed by atoms with van der Waals surface area (Å²) in [4.78, 5) is 19.3. The summed E-state index contributed by atoms with van der Waals surface area (Å²) in [6.07, 6.45) is -5.30. The third-order valence-electron chi connectivity index (χ3n) is 0.782. The molecule has 0 amide bonds. The molecule has 0 radical (unpaired) electrons. The van der Waals surface area contributed by atoms with Gasteiger partial charge in [0, 0.05) is 0 Å². The van der Waals surface area contributed by atoms with E-state index in [-0.39, 0.29) is 21.7 Å². The van der Waals surface area contributed by atoms with Gasteiger partial charge in [0.25, 0.3) is 0 Å². The Morgan fingerprint density at radius 1 is 1.00 bits per heavy atom. The molecule has 0 aromatic carbocycles. The predicted octanol–water partition coefficient (Wildman–Crippen LogP) is -5.04. The van der Waals surface area contributed by atoms with E-state index in [4.69, 9.17) is 10.2 Å². The number of aliphatic hydroxyl groups is 2. The molecule has 2 atom stereocenters. The normalized spacial score (nSPS) is 12.9. The quantitative estimate of drug-likeness (QED) is 0.480. The number of hydrogen-bond acceptors (Lipinski definition) is 7. The van der Waals surface area contributed by atoms with Crippen molar-refractivity contribution in [3.8, 4) is 0 Å². The molecule has 15 heavy (non-hydrogen) atoms. The zero-order chi connectivity index (χ0) is 11.9. The van der Waals surface area contributed by atoms with E-state index in [0.29, 0.717) is 0 Å². The molecule has 0 spiro atoms. The number of carbonyl (C=O) groups is 2. The fourth-order valence-electron chi connectivity index (χ4n) is 0.258. The third-order valence-corrected chi connectivity index (χ3v) is 0.782. The summed E-state index contributed by atoms with van der Waals surface area (Å²) in [5, 5.41) is 45.3. The Morgan fingerprint density at radius 2 is 1.13 bits per heavy atom. The number of carboxylic acids is 2. The minimum absolute atomic E-state index is 0. The Kier molecular flexibility index (Phi) is 13.4. The van der Waals surface area contributed by atoms with Gasteiger partial charge in [-0.05, 0) is 0 Å². The summed E-state index contributed by atoms with van der Waals surface area (Å²) < 4.78 is 0. The van der Waals surface area contributed by atoms with Gasteiger partial charge in [-0.15, -0.1) is 6.10 Å². The second kappa shape index (κ2) is 10.1. The van der Waals surface area contributed by atoms with Crippen molar-refractivity contribution < 1.29 is 56.8 Å². The molecule has 0 aliphatic carbocycles. The molecule has 0 aromatic rings. The molecule has 2 N–H and O–H groups in total. The first-order chi connectivity index (χ1) is 6.20. The Bertz CT molecular complexity index is 173. The molecule has 0 heterocycles. The standard InChI is InChI=1S/C4H6O6.C3H7O.Ti/c5-1(3(7)8)2(6)4(9)10;1-3(2)4;/h1-2,5-6H,(H,7,8)(H,9,10);3H,1-2H3;/q;-1;+4/p-2. The van der Waals surface area contributed by atoms with E-state index in [2.05, 4.69) is 0 Å². The van der Waals surface area contributed by atoms with Crippen molar-refractivity contribution in [2.45, 2.75) is 32.2 Å². The van der Waals surface area contributed by atoms with E-state index < -0.39 is 30.3 Å². The summed E-state index contributed by atoms with van der Waals surface area (Å²) >= 11 is 0. The number of aliphatic carboxylic acids is 2. The maximum atomic E-state index is 9.63. The van der Waals surface area contributed by atoms with Crippen LogP contribution in [-0.2, 0) is 31.3 Å². The largest absolute Gasteiger partial charge is 4.00 e. The monoisotopic (exact) mass is 255 g/mol. The van der Waals surface area contributed by atoms with Gasteiger partial charge in [0.15, 0.2) is 0 Å². The van der Waals surface area contributed by atoms with E-state index in [0.717, 1.165) is 0 Å². The smallest absolute Gasteiger partial charge is 0.852 e. The Balaban J connectivity index is -0.000000249. The number of carbonyl (C=O) groups excluding carboxylic acids is 2. The zero-order valence-electron chi connectivity index (χ0n) is 8.17. The Morgan fingerprint density at radius 3 is 1.20 bits per heavy atom. The number of hydrogen-bond donors (Lipinski definition) is 2. The van der Waals surface area contributed by atoms with Gasteiger partial charge in [0.05, 0.1) is 11.9 Å². The van der Waals surface area contributed by atoms with Crippen LogP contribution in [-0.4, -0.2) is 40.5 Å². The van der Waals surface area contributed by atoms with Crippen molar-refractivity contribution in [3.63, 3.8) is 0 Å². The van der Waals surface area contributed by atoms with Crippen LogP contribution >= 0.6 is 0 Å². The first-order valence-corrected chi connectivity index (χ1v) is 3.63. The van der Waals surface area contributed by atoms with Crippen LogP contribution in [0.25, 0.3) is 0 Å². The third kappa shape index (κ3) is 13.5. The topological polar surface area (TPSA) is 144 Å². The van der Waals surface area contributed by atoms with Gasteiger partial charge < -0.3 is 35.1 Å². The van der Waals surface area contributed by atoms with Crippen LogP contribution in [0, 0.1) is 0 Å². The Hall–Kier alpha value is -0.466. The summed E-state index contributed by atoms with van der Waals surface area (Å²) in [5.74, 6) is -4.12. The molecular weight excluding hydrogens is 244 g/mol. The van der Waals surface area contributed by atoms with Gasteiger partial charge in [0.1, 0.15) is 12.2 Å². The van der Waals surface area contributed by atoms with E-state index in [1.807, 2.05) is 0 Å². The fraction of sp³-hybridized carbons (Fsp3) is 0.714. The van der Waals surface area contributed by atoms with E-state index in [1.54, 1.807) is 13.8 Å². The minimum atomic E-state index is -2.44. The van der Waals surface area contributed by atoms with E-state index in [9.17, 15) is 24.9 Å². The van der Waals surface area contributed by atoms with Gasteiger partial charge >= 0.3 is 21.7 Å². The molecule has 0 aromatic heterocycles. The number of rotatable bonds is 3. The van der Waals surface area contributed by atoms with Crippen LogP contribution in [0.15, 0.2) is 0 Å². The van der Waals surface area contributed by atoms with Crippen LogP contribution in [0.2, 0.25) is 0 Å². The predicted molar refractivity (Wildman–Crippen MR) is 37.2 cm³/mol. The second-order valence-electron chi connectivity index (χ2n) is 2.58. The average Bonchev–Trinajstić information content (AvgIpc) is 2.00. The average molecular weight is 255 g/mol. The molecule has 0 aliphatic heterocycles. The van der Waals surface area contributed by atoms with Gasteiger partial charge in [-0.1, -0.05) is 13.8 Å². The molecule has 0 saturated carbocycles. The maximum absolute atomic E-state index is 9.63. The molecule has 0 bridgehead atoms. The number of carboxylic acid groups (broad SMARTS) is 2. The van der Waals surface area contributed by atoms with E-state index in [1.165, 1.54) is 0 Å². The molecule has 84 valence electrons. The summed E-state index contributed by atoms with van der Waals surface area (Å²) in [7, 11) is 0. The van der Waals surface area contributed by atoms with Crippen LogP contribution in [0.3, 0.4) is 0 Å². The second-order valence-corrected chi connectivity index (χ2v) is 2.58. The van der Waals surface area contributed by atoms with Gasteiger partial charge in [-0.3, -0.25) is 0 Å². The van der Waals surface area contributed by atoms with Crippen molar-refractivity contribution in [2.24, 2.45) is 0 Å². The molecule has 0 saturated heterocycles. The summed E-state index contributed by atoms with van der Waals surface area (Å²) in [6, 6.07) is 0. The van der Waals surface area contributed by atoms with Crippen LogP contribution in [0.5, 0.6) is 0 Å². The van der Waals surface area contributed by atoms with E-state index >= 15 is 0 Å². The molecule has 2 unspecified atom stereocenters. The maximum Gasteiger partial charge on any atom is 4.00 e. The molecule has 7 nitrogen and oxygen atoms in total. The molecule has 0 fully saturated rings. The van der Waals surface area contributed by atoms with Crippen LogP contribution in [0.4, 0.5) is 0 Å². The van der Waals surface area contributed by atoms with Gasteiger partial charge in [-0.2, -0.15) is 0 Å². The van der Waals surface area contributed by atoms with Gasteiger partial charge in [-0.25, -0.2) is 0 Å². The minimum Gasteiger partial charge on any atom is -0.852 e. The Labute approximate surface area is 101 Å². The molecule has 8 heteroatoms. The van der Waals surface area contributed by atoms with Crippen molar-refractivity contribution in [1.29, 1.82) is 0 Å². The van der Waals surface area contributed by atoms with Crippen molar-refractivity contribution in [2.75, 3.05) is 0 Å². The van der Waals surface area contributed by atoms with Crippen LogP contribution in [0.1, 0.15) is 13.8 Å². The first kappa shape index (κ1) is 20.0. The van der Waals surface area contributed by atoms with Crippen molar-refractivity contribution in [1.82, 2.24) is 0 Å². The molecule has 0 aliphatic rings. The number of aliphatic hydroxyl groups excluding tert-OH is 2. The zero-order valence-corrected chi connectivity index (χ0v) is 9.73. The molecular formula is C7H11O7Ti+.